The maximum absolute atomic E-state index is 12.6. The molecule has 0 unspecified atom stereocenters. The molecule has 0 fully saturated rings. The first-order chi connectivity index (χ1) is 13.2. The van der Waals surface area contributed by atoms with Gasteiger partial charge in [0.1, 0.15) is 11.6 Å². The Bertz CT molecular complexity index is 742. The molecule has 0 heterocycles. The number of nitrogens with zero attached hydrogens (tertiary/aromatic N) is 1. The SMILES string of the molecule is COC(CN/C=C(/C#N)C(=O)NC(c1ccccc1)c1ccccc1)OC. The summed E-state index contributed by atoms with van der Waals surface area (Å²) in [5, 5.41) is 15.2. The average molecular weight is 365 g/mol. The molecule has 27 heavy (non-hydrogen) atoms. The molecular weight excluding hydrogens is 342 g/mol. The predicted molar refractivity (Wildman–Crippen MR) is 102 cm³/mol. The van der Waals surface area contributed by atoms with E-state index in [4.69, 9.17) is 9.47 Å². The van der Waals surface area contributed by atoms with Crippen LogP contribution in [0.25, 0.3) is 0 Å². The van der Waals surface area contributed by atoms with Crippen molar-refractivity contribution in [3.8, 4) is 6.07 Å². The molecule has 0 aromatic heterocycles. The van der Waals surface area contributed by atoms with Crippen molar-refractivity contribution in [2.45, 2.75) is 12.3 Å². The normalized spacial score (nSPS) is 11.3. The monoisotopic (exact) mass is 365 g/mol. The molecule has 0 bridgehead atoms. The highest BCUT2D eigenvalue weighted by Gasteiger charge is 2.19. The maximum atomic E-state index is 12.6. The smallest absolute Gasteiger partial charge is 0.264 e. The summed E-state index contributed by atoms with van der Waals surface area (Å²) >= 11 is 0. The second-order valence-corrected chi connectivity index (χ2v) is 5.71. The lowest BCUT2D eigenvalue weighted by molar-refractivity contribution is -0.117. The van der Waals surface area contributed by atoms with Gasteiger partial charge in [0, 0.05) is 20.4 Å². The first-order valence-electron chi connectivity index (χ1n) is 8.49. The third kappa shape index (κ3) is 5.96. The van der Waals surface area contributed by atoms with E-state index in [0.29, 0.717) is 6.54 Å². The fraction of sp³-hybridized carbons (Fsp3) is 0.238. The number of carbonyl (C=O) groups excluding carboxylic acids is 1. The highest BCUT2D eigenvalue weighted by atomic mass is 16.7. The molecule has 2 aromatic rings. The van der Waals surface area contributed by atoms with Gasteiger partial charge in [0.05, 0.1) is 12.6 Å². The molecule has 6 nitrogen and oxygen atoms in total. The third-order valence-corrected chi connectivity index (χ3v) is 3.96. The van der Waals surface area contributed by atoms with Crippen molar-refractivity contribution < 1.29 is 14.3 Å². The molecule has 140 valence electrons. The lowest BCUT2D eigenvalue weighted by Gasteiger charge is -2.20. The number of methoxy groups -OCH3 is 2. The van der Waals surface area contributed by atoms with Gasteiger partial charge in [-0.1, -0.05) is 60.7 Å². The molecule has 0 radical (unpaired) electrons. The number of hydrogen-bond donors (Lipinski definition) is 2. The van der Waals surface area contributed by atoms with Crippen molar-refractivity contribution in [2.75, 3.05) is 20.8 Å². The van der Waals surface area contributed by atoms with Gasteiger partial charge in [0.2, 0.25) is 0 Å². The molecule has 0 aliphatic rings. The van der Waals surface area contributed by atoms with Crippen LogP contribution in [0.4, 0.5) is 0 Å². The lowest BCUT2D eigenvalue weighted by Crippen LogP contribution is -2.32. The minimum Gasteiger partial charge on any atom is -0.385 e. The lowest BCUT2D eigenvalue weighted by atomic mass is 9.98. The highest BCUT2D eigenvalue weighted by molar-refractivity contribution is 5.97. The van der Waals surface area contributed by atoms with E-state index in [2.05, 4.69) is 10.6 Å². The molecule has 0 aliphatic carbocycles. The number of hydrogen-bond acceptors (Lipinski definition) is 5. The van der Waals surface area contributed by atoms with E-state index < -0.39 is 12.2 Å². The Labute approximate surface area is 159 Å². The molecule has 2 N–H and O–H groups in total. The summed E-state index contributed by atoms with van der Waals surface area (Å²) in [6.07, 6.45) is 0.901. The second-order valence-electron chi connectivity index (χ2n) is 5.71. The van der Waals surface area contributed by atoms with Crippen LogP contribution in [0.2, 0.25) is 0 Å². The first kappa shape index (κ1) is 20.2. The van der Waals surface area contributed by atoms with Crippen LogP contribution in [-0.4, -0.2) is 33.0 Å². The fourth-order valence-corrected chi connectivity index (χ4v) is 2.53. The van der Waals surface area contributed by atoms with E-state index >= 15 is 0 Å². The summed E-state index contributed by atoms with van der Waals surface area (Å²) in [6, 6.07) is 20.8. The number of nitrogens with one attached hydrogen (secondary N) is 2. The molecule has 0 saturated carbocycles. The van der Waals surface area contributed by atoms with Gasteiger partial charge in [-0.25, -0.2) is 0 Å². The minimum atomic E-state index is -0.467. The van der Waals surface area contributed by atoms with Crippen LogP contribution >= 0.6 is 0 Å². The van der Waals surface area contributed by atoms with Crippen LogP contribution in [-0.2, 0) is 14.3 Å². The number of benzene rings is 2. The van der Waals surface area contributed by atoms with Gasteiger partial charge in [-0.2, -0.15) is 5.26 Å². The van der Waals surface area contributed by atoms with Gasteiger partial charge >= 0.3 is 0 Å². The van der Waals surface area contributed by atoms with Crippen molar-refractivity contribution in [1.29, 1.82) is 5.26 Å². The van der Waals surface area contributed by atoms with Gasteiger partial charge in [0.25, 0.3) is 5.91 Å². The standard InChI is InChI=1S/C21H23N3O3/c1-26-19(27-2)15-23-14-18(13-22)21(25)24-20(16-9-5-3-6-10-16)17-11-7-4-8-12-17/h3-12,14,19-20,23H,15H2,1-2H3,(H,24,25)/b18-14-. The van der Waals surface area contributed by atoms with E-state index in [1.807, 2.05) is 66.7 Å². The van der Waals surface area contributed by atoms with Crippen molar-refractivity contribution in [3.05, 3.63) is 83.6 Å². The zero-order valence-corrected chi connectivity index (χ0v) is 15.4. The maximum Gasteiger partial charge on any atom is 0.264 e. The van der Waals surface area contributed by atoms with E-state index in [1.165, 1.54) is 20.4 Å². The first-order valence-corrected chi connectivity index (χ1v) is 8.49. The Hall–Kier alpha value is -3.14. The van der Waals surface area contributed by atoms with E-state index in [1.54, 1.807) is 0 Å². The van der Waals surface area contributed by atoms with E-state index in [9.17, 15) is 10.1 Å². The molecule has 0 atom stereocenters. The molecule has 0 spiro atoms. The Balaban J connectivity index is 2.16. The van der Waals surface area contributed by atoms with Crippen molar-refractivity contribution >= 4 is 5.91 Å². The summed E-state index contributed by atoms with van der Waals surface area (Å²) in [5.74, 6) is -0.464. The molecule has 0 aliphatic heterocycles. The predicted octanol–water partition coefficient (Wildman–Crippen LogP) is 2.51. The number of amides is 1. The largest absolute Gasteiger partial charge is 0.385 e. The van der Waals surface area contributed by atoms with Crippen LogP contribution in [0.3, 0.4) is 0 Å². The van der Waals surface area contributed by atoms with Crippen molar-refractivity contribution in [3.63, 3.8) is 0 Å². The van der Waals surface area contributed by atoms with E-state index in [0.717, 1.165) is 11.1 Å². The van der Waals surface area contributed by atoms with Gasteiger partial charge in [-0.05, 0) is 11.1 Å². The molecule has 2 aromatic carbocycles. The molecule has 2 rings (SSSR count). The van der Waals surface area contributed by atoms with Crippen LogP contribution in [0.1, 0.15) is 17.2 Å². The van der Waals surface area contributed by atoms with Gasteiger partial charge in [-0.15, -0.1) is 0 Å². The van der Waals surface area contributed by atoms with Gasteiger partial charge in [-0.3, -0.25) is 4.79 Å². The molecule has 0 saturated heterocycles. The fourth-order valence-electron chi connectivity index (χ4n) is 2.53. The number of rotatable bonds is 9. The summed E-state index contributed by atoms with van der Waals surface area (Å²) in [4.78, 5) is 12.6. The van der Waals surface area contributed by atoms with Gasteiger partial charge in [0.15, 0.2) is 6.29 Å². The second kappa shape index (κ2) is 10.8. The Morgan fingerprint density at radius 1 is 1.04 bits per heavy atom. The van der Waals surface area contributed by atoms with Crippen molar-refractivity contribution in [1.82, 2.24) is 10.6 Å². The van der Waals surface area contributed by atoms with Crippen LogP contribution in [0.15, 0.2) is 72.4 Å². The number of ether oxygens (including phenoxy) is 2. The Kier molecular flexibility index (Phi) is 8.04. The molecule has 6 heteroatoms. The minimum absolute atomic E-state index is 0.0298. The number of carbonyl (C=O) groups is 1. The molecular formula is C21H23N3O3. The van der Waals surface area contributed by atoms with Crippen LogP contribution < -0.4 is 10.6 Å². The van der Waals surface area contributed by atoms with Crippen molar-refractivity contribution in [2.24, 2.45) is 0 Å². The summed E-state index contributed by atoms with van der Waals surface area (Å²) in [6.45, 7) is 0.312. The third-order valence-electron chi connectivity index (χ3n) is 3.96. The van der Waals surface area contributed by atoms with Crippen LogP contribution in [0.5, 0.6) is 0 Å². The quantitative estimate of drug-likeness (QED) is 0.405. The van der Waals surface area contributed by atoms with Gasteiger partial charge < -0.3 is 20.1 Å². The summed E-state index contributed by atoms with van der Waals surface area (Å²) in [7, 11) is 3.03. The van der Waals surface area contributed by atoms with Crippen LogP contribution in [0, 0.1) is 11.3 Å². The molecule has 1 amide bonds. The Morgan fingerprint density at radius 3 is 2.00 bits per heavy atom. The topological polar surface area (TPSA) is 83.4 Å². The zero-order valence-electron chi connectivity index (χ0n) is 15.4. The number of nitriles is 1. The summed E-state index contributed by atoms with van der Waals surface area (Å²) < 4.78 is 10.1. The average Bonchev–Trinajstić information content (AvgIpc) is 2.73. The Morgan fingerprint density at radius 2 is 1.56 bits per heavy atom. The van der Waals surface area contributed by atoms with E-state index in [-0.39, 0.29) is 11.6 Å². The zero-order chi connectivity index (χ0) is 19.5. The summed E-state index contributed by atoms with van der Waals surface area (Å²) in [5.41, 5.74) is 1.83. The highest BCUT2D eigenvalue weighted by Crippen LogP contribution is 2.22.